The molecule has 0 saturated carbocycles. The van der Waals surface area contributed by atoms with Crippen LogP contribution in [0.3, 0.4) is 0 Å². The minimum atomic E-state index is -4.64. The molecular formula is C22H23F3N8O. The summed E-state index contributed by atoms with van der Waals surface area (Å²) in [4.78, 5) is 20.7. The summed E-state index contributed by atoms with van der Waals surface area (Å²) in [6.07, 6.45) is 1.67. The Hall–Kier alpha value is -3.93. The van der Waals surface area contributed by atoms with Crippen molar-refractivity contribution in [3.8, 4) is 11.3 Å². The molecule has 0 aliphatic heterocycles. The lowest BCUT2D eigenvalue weighted by Crippen LogP contribution is -2.19. The minimum absolute atomic E-state index is 0.103. The monoisotopic (exact) mass is 472 g/mol. The lowest BCUT2D eigenvalue weighted by atomic mass is 10.0. The van der Waals surface area contributed by atoms with Crippen LogP contribution in [0.25, 0.3) is 16.9 Å². The number of imidazole rings is 1. The number of rotatable bonds is 7. The van der Waals surface area contributed by atoms with E-state index >= 15 is 0 Å². The molecule has 0 fully saturated rings. The highest BCUT2D eigenvalue weighted by molar-refractivity contribution is 5.96. The summed E-state index contributed by atoms with van der Waals surface area (Å²) in [5, 5.41) is 9.45. The number of amides is 1. The van der Waals surface area contributed by atoms with Gasteiger partial charge in [-0.1, -0.05) is 6.92 Å². The van der Waals surface area contributed by atoms with Crippen molar-refractivity contribution in [3.63, 3.8) is 0 Å². The van der Waals surface area contributed by atoms with Crippen LogP contribution in [-0.2, 0) is 19.1 Å². The van der Waals surface area contributed by atoms with Crippen molar-refractivity contribution in [1.29, 1.82) is 0 Å². The van der Waals surface area contributed by atoms with Crippen molar-refractivity contribution < 1.29 is 18.0 Å². The molecule has 0 saturated heterocycles. The van der Waals surface area contributed by atoms with E-state index in [-0.39, 0.29) is 30.3 Å². The maximum absolute atomic E-state index is 13.7. The van der Waals surface area contributed by atoms with Crippen molar-refractivity contribution in [1.82, 2.24) is 29.5 Å². The smallest absolute Gasteiger partial charge is 0.355 e. The molecule has 4 N–H and O–H groups in total. The Morgan fingerprint density at radius 1 is 1.24 bits per heavy atom. The standard InChI is InChI=1S/C22H23F3N8O/c1-3-13-10-14(4-5-15(13)21(34)27-2)30-19-20-29-11-17(33(20)9-7-28-19)16-12-32(8-6-26)31-18(16)22(23,24)25/h4-5,7,9-12H,3,6,8,26H2,1-2H3,(H,27,34)(H,28,30). The Kier molecular flexibility index (Phi) is 6.24. The van der Waals surface area contributed by atoms with Gasteiger partial charge in [0.15, 0.2) is 17.2 Å². The number of halogens is 3. The molecular weight excluding hydrogens is 449 g/mol. The fourth-order valence-electron chi connectivity index (χ4n) is 3.73. The summed E-state index contributed by atoms with van der Waals surface area (Å²) in [5.74, 6) is 0.170. The lowest BCUT2D eigenvalue weighted by Gasteiger charge is -2.12. The number of nitrogens with one attached hydrogen (secondary N) is 2. The molecule has 9 nitrogen and oxygen atoms in total. The van der Waals surface area contributed by atoms with E-state index in [4.69, 9.17) is 5.73 Å². The van der Waals surface area contributed by atoms with Gasteiger partial charge >= 0.3 is 6.18 Å². The van der Waals surface area contributed by atoms with Gasteiger partial charge in [0.05, 0.1) is 24.0 Å². The molecule has 0 spiro atoms. The van der Waals surface area contributed by atoms with Crippen LogP contribution in [0.5, 0.6) is 0 Å². The fraction of sp³-hybridized carbons (Fsp3) is 0.273. The number of nitrogens with zero attached hydrogens (tertiary/aromatic N) is 5. The molecule has 0 unspecified atom stereocenters. The minimum Gasteiger partial charge on any atom is -0.355 e. The van der Waals surface area contributed by atoms with Crippen molar-refractivity contribution in [3.05, 3.63) is 59.8 Å². The quantitative estimate of drug-likeness (QED) is 0.380. The predicted molar refractivity (Wildman–Crippen MR) is 121 cm³/mol. The molecule has 3 aromatic heterocycles. The molecule has 1 aromatic carbocycles. The van der Waals surface area contributed by atoms with Gasteiger partial charge < -0.3 is 16.4 Å². The number of hydrogen-bond acceptors (Lipinski definition) is 6. The van der Waals surface area contributed by atoms with E-state index in [2.05, 4.69) is 25.7 Å². The Labute approximate surface area is 192 Å². The van der Waals surface area contributed by atoms with Gasteiger partial charge in [0.2, 0.25) is 0 Å². The van der Waals surface area contributed by atoms with Crippen LogP contribution in [-0.4, -0.2) is 43.6 Å². The van der Waals surface area contributed by atoms with E-state index in [9.17, 15) is 18.0 Å². The summed E-state index contributed by atoms with van der Waals surface area (Å²) in [6, 6.07) is 5.27. The SMILES string of the molecule is CCc1cc(Nc2nccn3c(-c4cn(CCN)nc4C(F)(F)F)cnc23)ccc1C(=O)NC. The van der Waals surface area contributed by atoms with Crippen LogP contribution >= 0.6 is 0 Å². The number of fused-ring (bicyclic) bond motifs is 1. The fourth-order valence-corrected chi connectivity index (χ4v) is 3.73. The van der Waals surface area contributed by atoms with E-state index in [0.29, 0.717) is 29.1 Å². The molecule has 4 rings (SSSR count). The first kappa shape index (κ1) is 23.2. The van der Waals surface area contributed by atoms with Gasteiger partial charge in [-0.15, -0.1) is 0 Å². The van der Waals surface area contributed by atoms with Crippen molar-refractivity contribution in [2.75, 3.05) is 18.9 Å². The van der Waals surface area contributed by atoms with Crippen LogP contribution in [0.4, 0.5) is 24.7 Å². The van der Waals surface area contributed by atoms with Crippen molar-refractivity contribution in [2.24, 2.45) is 5.73 Å². The van der Waals surface area contributed by atoms with Crippen LogP contribution in [0.1, 0.15) is 28.5 Å². The Balaban J connectivity index is 1.75. The van der Waals surface area contributed by atoms with Crippen LogP contribution in [0.15, 0.2) is 43.0 Å². The van der Waals surface area contributed by atoms with Gasteiger partial charge in [0.25, 0.3) is 5.91 Å². The van der Waals surface area contributed by atoms with E-state index in [1.165, 1.54) is 33.9 Å². The largest absolute Gasteiger partial charge is 0.435 e. The highest BCUT2D eigenvalue weighted by Gasteiger charge is 2.38. The molecule has 0 bridgehead atoms. The van der Waals surface area contributed by atoms with Gasteiger partial charge in [-0.25, -0.2) is 9.97 Å². The second-order valence-electron chi connectivity index (χ2n) is 7.48. The molecule has 0 radical (unpaired) electrons. The highest BCUT2D eigenvalue weighted by Crippen LogP contribution is 2.36. The highest BCUT2D eigenvalue weighted by atomic mass is 19.4. The molecule has 4 aromatic rings. The maximum Gasteiger partial charge on any atom is 0.435 e. The molecule has 178 valence electrons. The summed E-state index contributed by atoms with van der Waals surface area (Å²) in [7, 11) is 1.57. The zero-order chi connectivity index (χ0) is 24.5. The zero-order valence-corrected chi connectivity index (χ0v) is 18.5. The molecule has 0 atom stereocenters. The predicted octanol–water partition coefficient (Wildman–Crippen LogP) is 3.24. The van der Waals surface area contributed by atoms with E-state index in [1.54, 1.807) is 19.2 Å². The molecule has 0 aliphatic rings. The Morgan fingerprint density at radius 3 is 2.71 bits per heavy atom. The number of aryl methyl sites for hydroxylation is 1. The van der Waals surface area contributed by atoms with Crippen LogP contribution in [0, 0.1) is 0 Å². The van der Waals surface area contributed by atoms with E-state index in [0.717, 1.165) is 5.56 Å². The van der Waals surface area contributed by atoms with Gasteiger partial charge in [-0.05, 0) is 30.2 Å². The van der Waals surface area contributed by atoms with E-state index < -0.39 is 11.9 Å². The van der Waals surface area contributed by atoms with Gasteiger partial charge in [0.1, 0.15) is 0 Å². The number of benzene rings is 1. The number of nitrogens with two attached hydrogens (primary N) is 1. The second-order valence-corrected chi connectivity index (χ2v) is 7.48. The number of alkyl halides is 3. The number of hydrogen-bond donors (Lipinski definition) is 3. The normalized spacial score (nSPS) is 11.7. The third-order valence-corrected chi connectivity index (χ3v) is 5.31. The molecule has 12 heteroatoms. The zero-order valence-electron chi connectivity index (χ0n) is 18.5. The summed E-state index contributed by atoms with van der Waals surface area (Å²) < 4.78 is 43.7. The average Bonchev–Trinajstić information content (AvgIpc) is 3.43. The first-order valence-corrected chi connectivity index (χ1v) is 10.6. The lowest BCUT2D eigenvalue weighted by molar-refractivity contribution is -0.141. The topological polar surface area (TPSA) is 115 Å². The summed E-state index contributed by atoms with van der Waals surface area (Å²) >= 11 is 0. The van der Waals surface area contributed by atoms with E-state index in [1.807, 2.05) is 13.0 Å². The van der Waals surface area contributed by atoms with Crippen LogP contribution < -0.4 is 16.4 Å². The third-order valence-electron chi connectivity index (χ3n) is 5.31. The molecule has 34 heavy (non-hydrogen) atoms. The van der Waals surface area contributed by atoms with Gasteiger partial charge in [-0.2, -0.15) is 18.3 Å². The third kappa shape index (κ3) is 4.31. The molecule has 3 heterocycles. The Bertz CT molecular complexity index is 1340. The van der Waals surface area contributed by atoms with Gasteiger partial charge in [0, 0.05) is 43.4 Å². The maximum atomic E-state index is 13.7. The molecule has 0 aliphatic carbocycles. The number of anilines is 2. The van der Waals surface area contributed by atoms with Gasteiger partial charge in [-0.3, -0.25) is 13.9 Å². The number of carbonyl (C=O) groups is 1. The number of carbonyl (C=O) groups excluding carboxylic acids is 1. The Morgan fingerprint density at radius 2 is 2.03 bits per heavy atom. The summed E-state index contributed by atoms with van der Waals surface area (Å²) in [6.45, 7) is 2.25. The summed E-state index contributed by atoms with van der Waals surface area (Å²) in [5.41, 5.74) is 7.01. The molecule has 1 amide bonds. The second kappa shape index (κ2) is 9.14. The number of aromatic nitrogens is 5. The van der Waals surface area contributed by atoms with Crippen LogP contribution in [0.2, 0.25) is 0 Å². The van der Waals surface area contributed by atoms with Crippen molar-refractivity contribution in [2.45, 2.75) is 26.1 Å². The first-order valence-electron chi connectivity index (χ1n) is 10.6. The average molecular weight is 472 g/mol. The first-order chi connectivity index (χ1) is 16.3. The van der Waals surface area contributed by atoms with Crippen molar-refractivity contribution >= 4 is 23.1 Å².